The van der Waals surface area contributed by atoms with Gasteiger partial charge in [-0.1, -0.05) is 46.8 Å². The summed E-state index contributed by atoms with van der Waals surface area (Å²) in [5.41, 5.74) is 8.61. The van der Waals surface area contributed by atoms with E-state index in [1.165, 1.54) is 5.57 Å². The second kappa shape index (κ2) is 8.36. The van der Waals surface area contributed by atoms with Crippen LogP contribution in [0.5, 0.6) is 0 Å². The Labute approximate surface area is 182 Å². The Morgan fingerprint density at radius 2 is 2.03 bits per heavy atom. The first-order valence-electron chi connectivity index (χ1n) is 11.7. The molecular formula is C26H40N2O2. The molecule has 3 N–H and O–H groups in total. The minimum Gasteiger partial charge on any atom is -0.505 e. The summed E-state index contributed by atoms with van der Waals surface area (Å²) in [6.45, 7) is 16.3. The maximum atomic E-state index is 13.3. The van der Waals surface area contributed by atoms with Gasteiger partial charge < -0.3 is 10.8 Å². The Bertz CT molecular complexity index is 819. The molecule has 0 aromatic carbocycles. The van der Waals surface area contributed by atoms with E-state index in [1.54, 1.807) is 6.08 Å². The topological polar surface area (TPSA) is 75.7 Å². The Kier molecular flexibility index (Phi) is 6.36. The Morgan fingerprint density at radius 3 is 2.70 bits per heavy atom. The molecule has 2 fully saturated rings. The van der Waals surface area contributed by atoms with Gasteiger partial charge in [0.05, 0.1) is 5.70 Å². The van der Waals surface area contributed by atoms with Gasteiger partial charge in [-0.15, -0.1) is 0 Å². The highest BCUT2D eigenvalue weighted by atomic mass is 16.3. The molecule has 0 heterocycles. The van der Waals surface area contributed by atoms with E-state index in [0.29, 0.717) is 42.0 Å². The van der Waals surface area contributed by atoms with Crippen LogP contribution in [0.3, 0.4) is 0 Å². The molecule has 166 valence electrons. The molecule has 0 aromatic heterocycles. The van der Waals surface area contributed by atoms with Crippen molar-refractivity contribution < 1.29 is 9.90 Å². The molecule has 0 spiro atoms. The number of hydrogen-bond acceptors (Lipinski definition) is 4. The maximum Gasteiger partial charge on any atom is 0.210 e. The summed E-state index contributed by atoms with van der Waals surface area (Å²) in [6.07, 6.45) is 8.70. The molecule has 0 aliphatic heterocycles. The van der Waals surface area contributed by atoms with E-state index in [2.05, 4.69) is 46.2 Å². The average molecular weight is 413 g/mol. The number of carbonyl (C=O) groups excluding carboxylic acids is 1. The van der Waals surface area contributed by atoms with Crippen molar-refractivity contribution in [2.75, 3.05) is 6.54 Å². The maximum absolute atomic E-state index is 13.3. The predicted octanol–water partition coefficient (Wildman–Crippen LogP) is 5.90. The average Bonchev–Trinajstić information content (AvgIpc) is 2.68. The van der Waals surface area contributed by atoms with E-state index < -0.39 is 0 Å². The standard InChI is InChI=1S/C26H40N2O2/c1-16(2)11-13-28-21-14-20(27)23(29)19(24(21)30)15-26(6)18(4)10-12-25(5)17(3)8-7-9-22(25)26/h14,16,18,22,29H,3,7-13,15,27H2,1-2,4-6H3/t18-,22+,25+,26+/m0/s1. The van der Waals surface area contributed by atoms with Gasteiger partial charge in [0, 0.05) is 12.1 Å². The second-order valence-corrected chi connectivity index (χ2v) is 10.8. The van der Waals surface area contributed by atoms with Gasteiger partial charge in [0.2, 0.25) is 5.78 Å². The number of aliphatic hydroxyl groups excluding tert-OH is 1. The summed E-state index contributed by atoms with van der Waals surface area (Å²) in [7, 11) is 0. The van der Waals surface area contributed by atoms with E-state index in [-0.39, 0.29) is 28.1 Å². The molecule has 0 aromatic rings. The van der Waals surface area contributed by atoms with Gasteiger partial charge in [0.15, 0.2) is 0 Å². The third-order valence-electron chi connectivity index (χ3n) is 8.47. The van der Waals surface area contributed by atoms with Crippen LogP contribution in [0.2, 0.25) is 0 Å². The lowest BCUT2D eigenvalue weighted by Crippen LogP contribution is -2.51. The quantitative estimate of drug-likeness (QED) is 0.436. The summed E-state index contributed by atoms with van der Waals surface area (Å²) in [6, 6.07) is 0. The van der Waals surface area contributed by atoms with Crippen molar-refractivity contribution in [2.24, 2.45) is 39.3 Å². The fourth-order valence-corrected chi connectivity index (χ4v) is 6.09. The lowest BCUT2D eigenvalue weighted by atomic mass is 9.46. The largest absolute Gasteiger partial charge is 0.505 e. The third-order valence-corrected chi connectivity index (χ3v) is 8.47. The molecule has 3 rings (SSSR count). The smallest absolute Gasteiger partial charge is 0.210 e. The van der Waals surface area contributed by atoms with Gasteiger partial charge in [-0.3, -0.25) is 9.79 Å². The lowest BCUT2D eigenvalue weighted by Gasteiger charge is -2.59. The summed E-state index contributed by atoms with van der Waals surface area (Å²) in [4.78, 5) is 17.9. The summed E-state index contributed by atoms with van der Waals surface area (Å²) >= 11 is 0. The SMILES string of the molecule is C=C1CCC[C@H]2[C@](C)(CC3=C(O)C(N)=CC(=NCCC(C)C)C3=O)[C@@H](C)CC[C@]12C. The van der Waals surface area contributed by atoms with Gasteiger partial charge in [0.1, 0.15) is 11.5 Å². The zero-order chi connectivity index (χ0) is 22.3. The van der Waals surface area contributed by atoms with Crippen LogP contribution in [0, 0.1) is 28.6 Å². The third kappa shape index (κ3) is 3.90. The van der Waals surface area contributed by atoms with Crippen LogP contribution in [0.25, 0.3) is 0 Å². The molecule has 0 bridgehead atoms. The van der Waals surface area contributed by atoms with Crippen molar-refractivity contribution in [3.8, 4) is 0 Å². The highest BCUT2D eigenvalue weighted by Crippen LogP contribution is 2.63. The van der Waals surface area contributed by atoms with Crippen LogP contribution >= 0.6 is 0 Å². The Balaban J connectivity index is 1.94. The van der Waals surface area contributed by atoms with Crippen LogP contribution in [0.15, 0.2) is 40.2 Å². The highest BCUT2D eigenvalue weighted by molar-refractivity contribution is 6.50. The first-order valence-corrected chi connectivity index (χ1v) is 11.7. The second-order valence-electron chi connectivity index (χ2n) is 10.8. The number of allylic oxidation sites excluding steroid dienone is 3. The van der Waals surface area contributed by atoms with Gasteiger partial charge in [-0.25, -0.2) is 0 Å². The fourth-order valence-electron chi connectivity index (χ4n) is 6.09. The molecule has 0 radical (unpaired) electrons. The van der Waals surface area contributed by atoms with Crippen LogP contribution in [-0.4, -0.2) is 23.1 Å². The number of hydrogen-bond donors (Lipinski definition) is 2. The molecule has 3 aliphatic carbocycles. The number of ketones is 1. The predicted molar refractivity (Wildman–Crippen MR) is 124 cm³/mol. The molecule has 30 heavy (non-hydrogen) atoms. The number of aliphatic imine (C=N–C) groups is 1. The Morgan fingerprint density at radius 1 is 1.33 bits per heavy atom. The summed E-state index contributed by atoms with van der Waals surface area (Å²) < 4.78 is 0. The zero-order valence-electron chi connectivity index (χ0n) is 19.6. The van der Waals surface area contributed by atoms with Crippen molar-refractivity contribution in [3.05, 3.63) is 35.3 Å². The normalized spacial score (nSPS) is 36.3. The van der Waals surface area contributed by atoms with Crippen molar-refractivity contribution in [2.45, 2.75) is 79.6 Å². The summed E-state index contributed by atoms with van der Waals surface area (Å²) in [5.74, 6) is 1.25. The number of nitrogens with zero attached hydrogens (tertiary/aromatic N) is 1. The summed E-state index contributed by atoms with van der Waals surface area (Å²) in [5, 5.41) is 10.8. The first-order chi connectivity index (χ1) is 14.0. The van der Waals surface area contributed by atoms with Crippen molar-refractivity contribution in [1.82, 2.24) is 0 Å². The molecule has 0 unspecified atom stereocenters. The van der Waals surface area contributed by atoms with E-state index in [4.69, 9.17) is 5.73 Å². The van der Waals surface area contributed by atoms with E-state index >= 15 is 0 Å². The molecule has 4 nitrogen and oxygen atoms in total. The van der Waals surface area contributed by atoms with Crippen LogP contribution in [0.4, 0.5) is 0 Å². The zero-order valence-corrected chi connectivity index (χ0v) is 19.6. The molecule has 4 atom stereocenters. The first kappa shape index (κ1) is 22.8. The van der Waals surface area contributed by atoms with E-state index in [1.807, 2.05) is 0 Å². The van der Waals surface area contributed by atoms with Crippen molar-refractivity contribution >= 4 is 11.5 Å². The highest BCUT2D eigenvalue weighted by Gasteiger charge is 2.54. The molecule has 4 heteroatoms. The molecular weight excluding hydrogens is 372 g/mol. The molecule has 2 saturated carbocycles. The Hall–Kier alpha value is -1.84. The molecule has 0 amide bonds. The number of Topliss-reactive ketones (excluding diaryl/α,β-unsaturated/α-hetero) is 1. The van der Waals surface area contributed by atoms with Crippen molar-refractivity contribution in [3.63, 3.8) is 0 Å². The van der Waals surface area contributed by atoms with Gasteiger partial charge in [-0.2, -0.15) is 0 Å². The van der Waals surface area contributed by atoms with Gasteiger partial charge in [-0.05, 0) is 79.6 Å². The number of fused-ring (bicyclic) bond motifs is 1. The molecule has 0 saturated heterocycles. The number of nitrogens with two attached hydrogens (primary N) is 1. The number of rotatable bonds is 5. The fraction of sp³-hybridized carbons (Fsp3) is 0.692. The minimum atomic E-state index is -0.152. The van der Waals surface area contributed by atoms with Crippen LogP contribution in [0.1, 0.15) is 79.6 Å². The van der Waals surface area contributed by atoms with Gasteiger partial charge >= 0.3 is 0 Å². The monoisotopic (exact) mass is 412 g/mol. The van der Waals surface area contributed by atoms with Crippen LogP contribution in [-0.2, 0) is 4.79 Å². The van der Waals surface area contributed by atoms with Gasteiger partial charge in [0.25, 0.3) is 0 Å². The van der Waals surface area contributed by atoms with Crippen LogP contribution < -0.4 is 5.73 Å². The minimum absolute atomic E-state index is 0.0434. The molecule has 3 aliphatic rings. The lowest BCUT2D eigenvalue weighted by molar-refractivity contribution is -0.111. The van der Waals surface area contributed by atoms with E-state index in [9.17, 15) is 9.90 Å². The van der Waals surface area contributed by atoms with E-state index in [0.717, 1.165) is 38.5 Å². The number of carbonyl (C=O) groups is 1. The number of aliphatic hydroxyl groups is 1. The van der Waals surface area contributed by atoms with Crippen molar-refractivity contribution in [1.29, 1.82) is 0 Å².